The molecule has 0 spiro atoms. The first-order valence-electron chi connectivity index (χ1n) is 6.61. The largest absolute Gasteiger partial charge is 0.412 e. The highest BCUT2D eigenvalue weighted by atomic mass is 16.0. The van der Waals surface area contributed by atoms with Crippen molar-refractivity contribution in [1.29, 1.82) is 0 Å². The molecule has 0 aromatic rings. The van der Waals surface area contributed by atoms with Crippen LogP contribution >= 0.6 is 0 Å². The van der Waals surface area contributed by atoms with Gasteiger partial charge in [-0.05, 0) is 32.1 Å². The maximum absolute atomic E-state index is 2.38. The van der Waals surface area contributed by atoms with Gasteiger partial charge in [-0.15, -0.1) is 0 Å². The molecule has 1 saturated heterocycles. The van der Waals surface area contributed by atoms with E-state index in [-0.39, 0.29) is 11.0 Å². The fourth-order valence-electron chi connectivity index (χ4n) is 2.77. The smallest absolute Gasteiger partial charge is 0.0789 e. The van der Waals surface area contributed by atoms with Crippen LogP contribution in [0.15, 0.2) is 0 Å². The first-order chi connectivity index (χ1) is 6.76. The molecule has 0 bridgehead atoms. The van der Waals surface area contributed by atoms with E-state index >= 15 is 0 Å². The van der Waals surface area contributed by atoms with Crippen molar-refractivity contribution in [2.24, 2.45) is 5.92 Å². The van der Waals surface area contributed by atoms with Crippen LogP contribution in [0.4, 0.5) is 0 Å². The number of quaternary nitrogens is 1. The van der Waals surface area contributed by atoms with Crippen molar-refractivity contribution >= 4 is 0 Å². The molecule has 3 heteroatoms. The molecule has 1 aliphatic rings. The minimum absolute atomic E-state index is 0. The SMILES string of the molecule is CCCC[N+]1(CC)CCC(CC)CC1.O.O. The molecule has 0 amide bonds. The van der Waals surface area contributed by atoms with Crippen LogP contribution in [-0.2, 0) is 0 Å². The summed E-state index contributed by atoms with van der Waals surface area (Å²) in [6.07, 6.45) is 7.14. The zero-order valence-corrected chi connectivity index (χ0v) is 11.4. The minimum Gasteiger partial charge on any atom is -0.412 e. The van der Waals surface area contributed by atoms with E-state index in [4.69, 9.17) is 0 Å². The molecular weight excluding hydrogens is 202 g/mol. The van der Waals surface area contributed by atoms with Crippen LogP contribution in [0.25, 0.3) is 0 Å². The Morgan fingerprint density at radius 3 is 1.94 bits per heavy atom. The van der Waals surface area contributed by atoms with Gasteiger partial charge in [-0.1, -0.05) is 26.7 Å². The predicted molar refractivity (Wildman–Crippen MR) is 70.6 cm³/mol. The lowest BCUT2D eigenvalue weighted by Gasteiger charge is -2.43. The van der Waals surface area contributed by atoms with Crippen molar-refractivity contribution in [3.8, 4) is 0 Å². The maximum atomic E-state index is 2.38. The Labute approximate surface area is 101 Å². The molecule has 0 saturated carbocycles. The molecule has 16 heavy (non-hydrogen) atoms. The highest BCUT2D eigenvalue weighted by molar-refractivity contribution is 4.63. The summed E-state index contributed by atoms with van der Waals surface area (Å²) >= 11 is 0. The van der Waals surface area contributed by atoms with E-state index in [0.29, 0.717) is 0 Å². The second kappa shape index (κ2) is 8.97. The second-order valence-electron chi connectivity index (χ2n) is 5.03. The Hall–Kier alpha value is -0.120. The summed E-state index contributed by atoms with van der Waals surface area (Å²) in [5.41, 5.74) is 0. The summed E-state index contributed by atoms with van der Waals surface area (Å²) < 4.78 is 1.42. The van der Waals surface area contributed by atoms with Crippen LogP contribution in [0.3, 0.4) is 0 Å². The van der Waals surface area contributed by atoms with Crippen molar-refractivity contribution in [2.45, 2.75) is 52.9 Å². The van der Waals surface area contributed by atoms with Gasteiger partial charge in [0, 0.05) is 0 Å². The van der Waals surface area contributed by atoms with E-state index in [9.17, 15) is 0 Å². The van der Waals surface area contributed by atoms with Crippen LogP contribution in [0.1, 0.15) is 52.9 Å². The standard InChI is InChI=1S/C13H28N.2H2O/c1-4-7-10-14(6-3)11-8-13(5-2)9-12-14;;/h13H,4-12H2,1-3H3;2*1H2/q+1;;. The molecule has 1 rings (SSSR count). The Morgan fingerprint density at radius 2 is 1.56 bits per heavy atom. The van der Waals surface area contributed by atoms with Crippen molar-refractivity contribution in [2.75, 3.05) is 26.2 Å². The van der Waals surface area contributed by atoms with Crippen molar-refractivity contribution in [3.05, 3.63) is 0 Å². The summed E-state index contributed by atoms with van der Waals surface area (Å²) in [6.45, 7) is 12.7. The van der Waals surface area contributed by atoms with E-state index in [1.807, 2.05) is 0 Å². The number of hydrogen-bond donors (Lipinski definition) is 0. The molecule has 3 nitrogen and oxygen atoms in total. The molecule has 1 heterocycles. The summed E-state index contributed by atoms with van der Waals surface area (Å²) in [6, 6.07) is 0. The van der Waals surface area contributed by atoms with Gasteiger partial charge in [-0.2, -0.15) is 0 Å². The van der Waals surface area contributed by atoms with Gasteiger partial charge < -0.3 is 15.4 Å². The maximum Gasteiger partial charge on any atom is 0.0789 e. The highest BCUT2D eigenvalue weighted by Gasteiger charge is 2.30. The number of nitrogens with zero attached hydrogens (tertiary/aromatic N) is 1. The third-order valence-corrected chi connectivity index (χ3v) is 4.26. The number of rotatable bonds is 5. The average Bonchev–Trinajstić information content (AvgIpc) is 2.27. The summed E-state index contributed by atoms with van der Waals surface area (Å²) in [7, 11) is 0. The number of likely N-dealkylation sites (tertiary alicyclic amines) is 1. The Morgan fingerprint density at radius 1 is 1.00 bits per heavy atom. The second-order valence-corrected chi connectivity index (χ2v) is 5.03. The molecule has 4 N–H and O–H groups in total. The van der Waals surface area contributed by atoms with E-state index in [1.165, 1.54) is 62.8 Å². The predicted octanol–water partition coefficient (Wildman–Crippen LogP) is 1.79. The van der Waals surface area contributed by atoms with Crippen molar-refractivity contribution in [1.82, 2.24) is 0 Å². The molecule has 100 valence electrons. The van der Waals surface area contributed by atoms with E-state index < -0.39 is 0 Å². The lowest BCUT2D eigenvalue weighted by molar-refractivity contribution is -0.932. The summed E-state index contributed by atoms with van der Waals surface area (Å²) in [5, 5.41) is 0. The molecule has 0 aromatic heterocycles. The fourth-order valence-corrected chi connectivity index (χ4v) is 2.77. The van der Waals surface area contributed by atoms with E-state index in [2.05, 4.69) is 20.8 Å². The Bertz CT molecular complexity index is 154. The average molecular weight is 234 g/mol. The molecular formula is C13H32NO2+. The normalized spacial score (nSPS) is 29.1. The van der Waals surface area contributed by atoms with Gasteiger partial charge in [-0.25, -0.2) is 0 Å². The quantitative estimate of drug-likeness (QED) is 0.651. The van der Waals surface area contributed by atoms with Crippen molar-refractivity contribution in [3.63, 3.8) is 0 Å². The Balaban J connectivity index is 0. The van der Waals surface area contributed by atoms with E-state index in [1.54, 1.807) is 0 Å². The zero-order chi connectivity index (χ0) is 10.4. The van der Waals surface area contributed by atoms with Crippen LogP contribution in [0.2, 0.25) is 0 Å². The number of hydrogen-bond acceptors (Lipinski definition) is 0. The van der Waals surface area contributed by atoms with Gasteiger partial charge in [0.2, 0.25) is 0 Å². The van der Waals surface area contributed by atoms with Crippen LogP contribution in [0.5, 0.6) is 0 Å². The first-order valence-corrected chi connectivity index (χ1v) is 6.61. The summed E-state index contributed by atoms with van der Waals surface area (Å²) in [5.74, 6) is 1.04. The number of unbranched alkanes of at least 4 members (excludes halogenated alkanes) is 1. The zero-order valence-electron chi connectivity index (χ0n) is 11.4. The van der Waals surface area contributed by atoms with Gasteiger partial charge in [0.25, 0.3) is 0 Å². The fraction of sp³-hybridized carbons (Fsp3) is 1.00. The summed E-state index contributed by atoms with van der Waals surface area (Å²) in [4.78, 5) is 0. The highest BCUT2D eigenvalue weighted by Crippen LogP contribution is 2.26. The first kappa shape index (κ1) is 18.3. The molecule has 1 aliphatic heterocycles. The van der Waals surface area contributed by atoms with Gasteiger partial charge in [0.1, 0.15) is 0 Å². The third kappa shape index (κ3) is 4.81. The molecule has 0 aliphatic carbocycles. The minimum atomic E-state index is 0. The van der Waals surface area contributed by atoms with Crippen LogP contribution < -0.4 is 0 Å². The lowest BCUT2D eigenvalue weighted by Crippen LogP contribution is -2.53. The van der Waals surface area contributed by atoms with Crippen LogP contribution in [0, 0.1) is 5.92 Å². The molecule has 0 aromatic carbocycles. The Kier molecular flexibility index (Phi) is 10.2. The van der Waals surface area contributed by atoms with Crippen LogP contribution in [-0.4, -0.2) is 41.6 Å². The third-order valence-electron chi connectivity index (χ3n) is 4.26. The monoisotopic (exact) mass is 234 g/mol. The van der Waals surface area contributed by atoms with Gasteiger partial charge in [0.15, 0.2) is 0 Å². The molecule has 1 fully saturated rings. The van der Waals surface area contributed by atoms with Crippen molar-refractivity contribution < 1.29 is 15.4 Å². The molecule has 0 radical (unpaired) electrons. The lowest BCUT2D eigenvalue weighted by atomic mass is 9.92. The number of piperidine rings is 1. The molecule has 0 unspecified atom stereocenters. The molecule has 0 atom stereocenters. The topological polar surface area (TPSA) is 63.0 Å². The van der Waals surface area contributed by atoms with Gasteiger partial charge in [-0.3, -0.25) is 0 Å². The van der Waals surface area contributed by atoms with Gasteiger partial charge in [0.05, 0.1) is 26.2 Å². The van der Waals surface area contributed by atoms with Gasteiger partial charge >= 0.3 is 0 Å². The van der Waals surface area contributed by atoms with E-state index in [0.717, 1.165) is 5.92 Å².